The molecule has 3 aliphatic carbocycles. The fourth-order valence-corrected chi connectivity index (χ4v) is 10.3. The Morgan fingerprint density at radius 3 is 1.81 bits per heavy atom. The zero-order valence-electron chi connectivity index (χ0n) is 27.3. The normalized spacial score (nSPS) is 22.3. The summed E-state index contributed by atoms with van der Waals surface area (Å²) >= 11 is 0. The SMILES string of the molecule is Cc1cc(N2c3ccc(-c4ccc5c(c4)-c4ccccc4C54c5ccccc5-c5ccccc54)cc3C3(C)CCCCC23C)ccn1. The summed E-state index contributed by atoms with van der Waals surface area (Å²) in [7, 11) is 0. The Bertz CT molecular complexity index is 2230. The Labute approximate surface area is 277 Å². The van der Waals surface area contributed by atoms with E-state index in [4.69, 9.17) is 0 Å². The van der Waals surface area contributed by atoms with Crippen molar-refractivity contribution < 1.29 is 0 Å². The van der Waals surface area contributed by atoms with Gasteiger partial charge in [0.05, 0.1) is 11.0 Å². The van der Waals surface area contributed by atoms with Gasteiger partial charge in [0.2, 0.25) is 0 Å². The molecule has 6 aromatic rings. The maximum absolute atomic E-state index is 4.53. The van der Waals surface area contributed by atoms with Gasteiger partial charge in [-0.15, -0.1) is 0 Å². The van der Waals surface area contributed by atoms with Crippen molar-refractivity contribution >= 4 is 11.4 Å². The van der Waals surface area contributed by atoms with Gasteiger partial charge in [0.15, 0.2) is 0 Å². The summed E-state index contributed by atoms with van der Waals surface area (Å²) in [5, 5.41) is 0. The van der Waals surface area contributed by atoms with E-state index < -0.39 is 0 Å². The molecule has 10 rings (SSSR count). The monoisotopic (exact) mass is 606 g/mol. The third-order valence-corrected chi connectivity index (χ3v) is 12.6. The summed E-state index contributed by atoms with van der Waals surface area (Å²) in [6.45, 7) is 7.13. The predicted molar refractivity (Wildman–Crippen MR) is 194 cm³/mol. The first-order chi connectivity index (χ1) is 22.9. The molecule has 228 valence electrons. The van der Waals surface area contributed by atoms with Gasteiger partial charge in [-0.3, -0.25) is 4.98 Å². The Morgan fingerprint density at radius 1 is 0.553 bits per heavy atom. The van der Waals surface area contributed by atoms with E-state index in [-0.39, 0.29) is 16.4 Å². The molecule has 2 unspecified atom stereocenters. The van der Waals surface area contributed by atoms with E-state index in [0.29, 0.717) is 0 Å². The zero-order chi connectivity index (χ0) is 31.5. The van der Waals surface area contributed by atoms with Crippen molar-refractivity contribution in [1.82, 2.24) is 4.98 Å². The number of anilines is 2. The molecule has 2 heterocycles. The zero-order valence-corrected chi connectivity index (χ0v) is 27.3. The van der Waals surface area contributed by atoms with Gasteiger partial charge in [0.1, 0.15) is 0 Å². The molecule has 0 saturated heterocycles. The fourth-order valence-electron chi connectivity index (χ4n) is 10.3. The average Bonchev–Trinajstić information content (AvgIpc) is 3.65. The molecular formula is C45H38N2. The summed E-state index contributed by atoms with van der Waals surface area (Å²) < 4.78 is 0. The quantitative estimate of drug-likeness (QED) is 0.195. The topological polar surface area (TPSA) is 16.1 Å². The molecule has 2 nitrogen and oxygen atoms in total. The van der Waals surface area contributed by atoms with Gasteiger partial charge < -0.3 is 4.90 Å². The Hall–Kier alpha value is -4.95. The third kappa shape index (κ3) is 3.28. The van der Waals surface area contributed by atoms with Crippen LogP contribution in [0.3, 0.4) is 0 Å². The molecule has 1 fully saturated rings. The highest BCUT2D eigenvalue weighted by Crippen LogP contribution is 2.64. The van der Waals surface area contributed by atoms with Crippen LogP contribution in [0.2, 0.25) is 0 Å². The van der Waals surface area contributed by atoms with Crippen LogP contribution in [0, 0.1) is 6.92 Å². The van der Waals surface area contributed by atoms with Crippen molar-refractivity contribution in [2.45, 2.75) is 62.8 Å². The van der Waals surface area contributed by atoms with Gasteiger partial charge in [-0.1, -0.05) is 111 Å². The van der Waals surface area contributed by atoms with Crippen molar-refractivity contribution in [3.63, 3.8) is 0 Å². The lowest BCUT2D eigenvalue weighted by molar-refractivity contribution is 0.195. The van der Waals surface area contributed by atoms with Crippen molar-refractivity contribution in [2.24, 2.45) is 0 Å². The van der Waals surface area contributed by atoms with Crippen LogP contribution in [0.4, 0.5) is 11.4 Å². The summed E-state index contributed by atoms with van der Waals surface area (Å²) in [6, 6.07) is 46.3. The average molecular weight is 607 g/mol. The van der Waals surface area contributed by atoms with E-state index in [1.807, 2.05) is 6.20 Å². The summed E-state index contributed by atoms with van der Waals surface area (Å²) in [4.78, 5) is 7.18. The number of benzene rings is 5. The molecule has 1 spiro atoms. The highest BCUT2D eigenvalue weighted by Gasteiger charge is 2.58. The molecule has 0 amide bonds. The minimum Gasteiger partial charge on any atom is -0.334 e. The molecule has 2 heteroatoms. The van der Waals surface area contributed by atoms with Gasteiger partial charge in [-0.2, -0.15) is 0 Å². The lowest BCUT2D eigenvalue weighted by Gasteiger charge is -2.50. The van der Waals surface area contributed by atoms with Crippen LogP contribution in [-0.4, -0.2) is 10.5 Å². The molecule has 4 aliphatic rings. The second-order valence-corrected chi connectivity index (χ2v) is 14.7. The Morgan fingerprint density at radius 2 is 1.13 bits per heavy atom. The first kappa shape index (κ1) is 27.2. The van der Waals surface area contributed by atoms with Crippen LogP contribution < -0.4 is 4.90 Å². The molecule has 0 N–H and O–H groups in total. The number of aromatic nitrogens is 1. The largest absolute Gasteiger partial charge is 0.334 e. The maximum atomic E-state index is 4.53. The van der Waals surface area contributed by atoms with E-state index in [1.165, 1.54) is 98.3 Å². The highest BCUT2D eigenvalue weighted by atomic mass is 15.3. The smallest absolute Gasteiger partial charge is 0.0725 e. The van der Waals surface area contributed by atoms with Gasteiger partial charge >= 0.3 is 0 Å². The first-order valence-corrected chi connectivity index (χ1v) is 17.3. The third-order valence-electron chi connectivity index (χ3n) is 12.6. The van der Waals surface area contributed by atoms with Gasteiger partial charge in [0.25, 0.3) is 0 Å². The Balaban J connectivity index is 1.17. The van der Waals surface area contributed by atoms with Crippen LogP contribution in [0.5, 0.6) is 0 Å². The van der Waals surface area contributed by atoms with E-state index >= 15 is 0 Å². The number of fused-ring (bicyclic) bond motifs is 13. The van der Waals surface area contributed by atoms with Crippen LogP contribution in [-0.2, 0) is 10.8 Å². The Kier molecular flexibility index (Phi) is 5.39. The second-order valence-electron chi connectivity index (χ2n) is 14.7. The molecule has 2 atom stereocenters. The van der Waals surface area contributed by atoms with Crippen LogP contribution >= 0.6 is 0 Å². The lowest BCUT2D eigenvalue weighted by atomic mass is 9.61. The number of pyridine rings is 1. The minimum atomic E-state index is -0.295. The summed E-state index contributed by atoms with van der Waals surface area (Å²) in [6.07, 6.45) is 6.91. The fraction of sp³-hybridized carbons (Fsp3) is 0.222. The van der Waals surface area contributed by atoms with Crippen molar-refractivity contribution in [3.8, 4) is 33.4 Å². The highest BCUT2D eigenvalue weighted by molar-refractivity contribution is 5.96. The molecule has 1 aliphatic heterocycles. The van der Waals surface area contributed by atoms with E-state index in [2.05, 4.69) is 152 Å². The minimum absolute atomic E-state index is 0.0203. The predicted octanol–water partition coefficient (Wildman–Crippen LogP) is 11.1. The van der Waals surface area contributed by atoms with Crippen LogP contribution in [0.25, 0.3) is 33.4 Å². The molecule has 1 saturated carbocycles. The number of hydrogen-bond acceptors (Lipinski definition) is 2. The van der Waals surface area contributed by atoms with Crippen LogP contribution in [0.1, 0.15) is 73.0 Å². The van der Waals surface area contributed by atoms with Gasteiger partial charge in [0, 0.05) is 28.7 Å². The molecule has 0 radical (unpaired) electrons. The number of aryl methyl sites for hydroxylation is 1. The molecule has 47 heavy (non-hydrogen) atoms. The molecule has 1 aromatic heterocycles. The van der Waals surface area contributed by atoms with Crippen molar-refractivity contribution in [3.05, 3.63) is 161 Å². The van der Waals surface area contributed by atoms with E-state index in [9.17, 15) is 0 Å². The number of hydrogen-bond donors (Lipinski definition) is 0. The number of nitrogens with zero attached hydrogens (tertiary/aromatic N) is 2. The van der Waals surface area contributed by atoms with Crippen molar-refractivity contribution in [1.29, 1.82) is 0 Å². The molecule has 5 aromatic carbocycles. The lowest BCUT2D eigenvalue weighted by Crippen LogP contribution is -2.54. The molecule has 0 bridgehead atoms. The molecular weight excluding hydrogens is 569 g/mol. The van der Waals surface area contributed by atoms with E-state index in [1.54, 1.807) is 0 Å². The standard InChI is InChI=1S/C45H38N2/c1-29-26-32(22-25-46-29)47-42-21-19-31(28-41(42)43(2)23-10-11-24-44(43,47)3)30-18-20-40-36(27-30)35-14-6-9-17-39(35)45(40)37-15-7-4-12-33(37)34-13-5-8-16-38(34)45/h4-9,12-22,25-28H,10-11,23-24H2,1-3H3. The summed E-state index contributed by atoms with van der Waals surface area (Å²) in [5.41, 5.74) is 18.6. The number of rotatable bonds is 2. The van der Waals surface area contributed by atoms with E-state index in [0.717, 1.165) is 5.69 Å². The van der Waals surface area contributed by atoms with Gasteiger partial charge in [-0.05, 0) is 118 Å². The maximum Gasteiger partial charge on any atom is 0.0725 e. The van der Waals surface area contributed by atoms with Gasteiger partial charge in [-0.25, -0.2) is 0 Å². The first-order valence-electron chi connectivity index (χ1n) is 17.3. The summed E-state index contributed by atoms with van der Waals surface area (Å²) in [5.74, 6) is 0. The van der Waals surface area contributed by atoms with Crippen molar-refractivity contribution in [2.75, 3.05) is 4.90 Å². The van der Waals surface area contributed by atoms with Crippen LogP contribution in [0.15, 0.2) is 128 Å². The second kappa shape index (κ2) is 9.32.